The second-order valence-electron chi connectivity index (χ2n) is 4.85. The van der Waals surface area contributed by atoms with Crippen LogP contribution in [0.5, 0.6) is 0 Å². The van der Waals surface area contributed by atoms with Gasteiger partial charge < -0.3 is 14.5 Å². The van der Waals surface area contributed by atoms with Gasteiger partial charge in [0, 0.05) is 18.5 Å². The zero-order valence-electron chi connectivity index (χ0n) is 11.7. The third-order valence-electron chi connectivity index (χ3n) is 3.25. The molecule has 2 N–H and O–H groups in total. The molecule has 3 heterocycles. The summed E-state index contributed by atoms with van der Waals surface area (Å²) in [5, 5.41) is 8.76. The summed E-state index contributed by atoms with van der Waals surface area (Å²) in [4.78, 5) is 27.7. The highest BCUT2D eigenvalue weighted by atomic mass is 32.1. The average Bonchev–Trinajstić information content (AvgIpc) is 3.25. The first-order valence-corrected chi connectivity index (χ1v) is 7.85. The lowest BCUT2D eigenvalue weighted by atomic mass is 10.2. The Kier molecular flexibility index (Phi) is 4.50. The number of carbonyl (C=O) groups is 2. The maximum absolute atomic E-state index is 11.9. The van der Waals surface area contributed by atoms with Gasteiger partial charge in [-0.1, -0.05) is 0 Å². The lowest BCUT2D eigenvalue weighted by molar-refractivity contribution is 0.0853. The number of oxazole rings is 1. The minimum absolute atomic E-state index is 0.00142. The van der Waals surface area contributed by atoms with E-state index in [0.29, 0.717) is 12.1 Å². The summed E-state index contributed by atoms with van der Waals surface area (Å²) in [7, 11) is 0. The molecule has 0 radical (unpaired) electrons. The Hall–Kier alpha value is -2.19. The van der Waals surface area contributed by atoms with Crippen molar-refractivity contribution in [1.29, 1.82) is 0 Å². The van der Waals surface area contributed by atoms with Gasteiger partial charge in [-0.15, -0.1) is 0 Å². The molecule has 1 fully saturated rings. The summed E-state index contributed by atoms with van der Waals surface area (Å²) in [5.41, 5.74) is 0.645. The number of thiophene rings is 1. The Labute approximate surface area is 130 Å². The lowest BCUT2D eigenvalue weighted by Crippen LogP contribution is -2.31. The molecular formula is C14H15N3O4S. The van der Waals surface area contributed by atoms with Crippen LogP contribution in [0.3, 0.4) is 0 Å². The van der Waals surface area contributed by atoms with E-state index in [1.54, 1.807) is 16.8 Å². The molecule has 8 heteroatoms. The van der Waals surface area contributed by atoms with E-state index in [1.807, 2.05) is 0 Å². The first kappa shape index (κ1) is 14.7. The summed E-state index contributed by atoms with van der Waals surface area (Å²) in [6.07, 6.45) is 3.24. The fourth-order valence-corrected chi connectivity index (χ4v) is 2.74. The Morgan fingerprint density at radius 3 is 3.05 bits per heavy atom. The zero-order chi connectivity index (χ0) is 15.4. The highest BCUT2D eigenvalue weighted by molar-refractivity contribution is 7.08. The van der Waals surface area contributed by atoms with Crippen LogP contribution in [0.4, 0.5) is 6.01 Å². The number of nitrogens with one attached hydrogen (secondary N) is 2. The monoisotopic (exact) mass is 321 g/mol. The summed E-state index contributed by atoms with van der Waals surface area (Å²) in [6, 6.07) is 1.69. The number of aromatic nitrogens is 1. The maximum Gasteiger partial charge on any atom is 0.302 e. The number of hydrogen-bond acceptors (Lipinski definition) is 6. The minimum Gasteiger partial charge on any atom is -0.431 e. The van der Waals surface area contributed by atoms with Crippen LogP contribution in [0, 0.1) is 0 Å². The van der Waals surface area contributed by atoms with Gasteiger partial charge in [-0.3, -0.25) is 14.9 Å². The largest absolute Gasteiger partial charge is 0.431 e. The molecule has 116 valence electrons. The first-order chi connectivity index (χ1) is 10.7. The van der Waals surface area contributed by atoms with Gasteiger partial charge in [0.2, 0.25) is 0 Å². The molecule has 0 aliphatic carbocycles. The average molecular weight is 321 g/mol. The maximum atomic E-state index is 11.9. The third-order valence-corrected chi connectivity index (χ3v) is 3.94. The van der Waals surface area contributed by atoms with Gasteiger partial charge in [0.25, 0.3) is 11.8 Å². The molecule has 1 atom stereocenters. The van der Waals surface area contributed by atoms with Crippen LogP contribution in [-0.2, 0) is 4.74 Å². The predicted octanol–water partition coefficient (Wildman–Crippen LogP) is 1.90. The highest BCUT2D eigenvalue weighted by Crippen LogP contribution is 2.13. The molecule has 2 aromatic heterocycles. The number of nitrogens with zero attached hydrogens (tertiary/aromatic N) is 1. The van der Waals surface area contributed by atoms with E-state index in [4.69, 9.17) is 9.15 Å². The van der Waals surface area contributed by atoms with Crippen LogP contribution in [0.2, 0.25) is 0 Å². The van der Waals surface area contributed by atoms with Gasteiger partial charge in [-0.05, 0) is 24.3 Å². The van der Waals surface area contributed by atoms with Crippen molar-refractivity contribution >= 4 is 29.2 Å². The molecular weight excluding hydrogens is 306 g/mol. The fraction of sp³-hybridized carbons (Fsp3) is 0.357. The molecule has 2 aromatic rings. The van der Waals surface area contributed by atoms with E-state index in [9.17, 15) is 9.59 Å². The molecule has 3 rings (SSSR count). The standard InChI is InChI=1S/C14H15N3O4S/c18-12(9-3-5-22-8-9)17-14-16-11(7-21-14)13(19)15-6-10-2-1-4-20-10/h3,5,7-8,10H,1-2,4,6H2,(H,15,19)(H,16,17,18)/t10-/m0/s1. The predicted molar refractivity (Wildman–Crippen MR) is 80.1 cm³/mol. The van der Waals surface area contributed by atoms with Crippen LogP contribution in [0.25, 0.3) is 0 Å². The Morgan fingerprint density at radius 1 is 1.41 bits per heavy atom. The van der Waals surface area contributed by atoms with Crippen LogP contribution in [-0.4, -0.2) is 36.1 Å². The third kappa shape index (κ3) is 3.52. The Bertz CT molecular complexity index is 647. The SMILES string of the molecule is O=C(Nc1nc(C(=O)NC[C@@H]2CCCO2)co1)c1ccsc1. The van der Waals surface area contributed by atoms with Gasteiger partial charge in [0.05, 0.1) is 11.7 Å². The zero-order valence-corrected chi connectivity index (χ0v) is 12.5. The van der Waals surface area contributed by atoms with E-state index in [1.165, 1.54) is 17.6 Å². The van der Waals surface area contributed by atoms with E-state index < -0.39 is 0 Å². The van der Waals surface area contributed by atoms with Crippen molar-refractivity contribution in [2.45, 2.75) is 18.9 Å². The first-order valence-electron chi connectivity index (χ1n) is 6.91. The number of anilines is 1. The fourth-order valence-electron chi connectivity index (χ4n) is 2.10. The topological polar surface area (TPSA) is 93.5 Å². The number of ether oxygens (including phenoxy) is 1. The number of hydrogen-bond donors (Lipinski definition) is 2. The second kappa shape index (κ2) is 6.71. The molecule has 0 spiro atoms. The minimum atomic E-state index is -0.352. The Balaban J connectivity index is 1.53. The van der Waals surface area contributed by atoms with Crippen molar-refractivity contribution in [3.05, 3.63) is 34.3 Å². The van der Waals surface area contributed by atoms with E-state index in [-0.39, 0.29) is 29.6 Å². The molecule has 0 aromatic carbocycles. The highest BCUT2D eigenvalue weighted by Gasteiger charge is 2.19. The van der Waals surface area contributed by atoms with Gasteiger partial charge in [-0.2, -0.15) is 16.3 Å². The van der Waals surface area contributed by atoms with Crippen LogP contribution in [0.15, 0.2) is 27.5 Å². The van der Waals surface area contributed by atoms with Crippen LogP contribution >= 0.6 is 11.3 Å². The molecule has 7 nitrogen and oxygen atoms in total. The van der Waals surface area contributed by atoms with Crippen LogP contribution < -0.4 is 10.6 Å². The van der Waals surface area contributed by atoms with Crippen molar-refractivity contribution < 1.29 is 18.7 Å². The van der Waals surface area contributed by atoms with Crippen molar-refractivity contribution in [2.75, 3.05) is 18.5 Å². The molecule has 2 amide bonds. The molecule has 0 bridgehead atoms. The van der Waals surface area contributed by atoms with Gasteiger partial charge >= 0.3 is 6.01 Å². The molecule has 1 aliphatic rings. The summed E-state index contributed by atoms with van der Waals surface area (Å²) < 4.78 is 10.5. The quantitative estimate of drug-likeness (QED) is 0.877. The summed E-state index contributed by atoms with van der Waals surface area (Å²) in [5.74, 6) is -0.676. The van der Waals surface area contributed by atoms with E-state index in [0.717, 1.165) is 19.4 Å². The van der Waals surface area contributed by atoms with Gasteiger partial charge in [0.1, 0.15) is 6.26 Å². The van der Waals surface area contributed by atoms with Crippen LogP contribution in [0.1, 0.15) is 33.7 Å². The smallest absolute Gasteiger partial charge is 0.302 e. The molecule has 0 saturated carbocycles. The number of carbonyl (C=O) groups excluding carboxylic acids is 2. The van der Waals surface area contributed by atoms with Crippen molar-refractivity contribution in [3.8, 4) is 0 Å². The van der Waals surface area contributed by atoms with E-state index >= 15 is 0 Å². The number of amides is 2. The summed E-state index contributed by atoms with van der Waals surface area (Å²) in [6.45, 7) is 1.19. The van der Waals surface area contributed by atoms with Crippen molar-refractivity contribution in [3.63, 3.8) is 0 Å². The number of rotatable bonds is 5. The summed E-state index contributed by atoms with van der Waals surface area (Å²) >= 11 is 1.42. The normalized spacial score (nSPS) is 17.4. The Morgan fingerprint density at radius 2 is 2.32 bits per heavy atom. The van der Waals surface area contributed by atoms with Crippen molar-refractivity contribution in [2.24, 2.45) is 0 Å². The molecule has 22 heavy (non-hydrogen) atoms. The molecule has 1 aliphatic heterocycles. The molecule has 1 saturated heterocycles. The van der Waals surface area contributed by atoms with E-state index in [2.05, 4.69) is 15.6 Å². The van der Waals surface area contributed by atoms with Crippen molar-refractivity contribution in [1.82, 2.24) is 10.3 Å². The van der Waals surface area contributed by atoms with Gasteiger partial charge in [0.15, 0.2) is 5.69 Å². The molecule has 0 unspecified atom stereocenters. The second-order valence-corrected chi connectivity index (χ2v) is 5.63. The van der Waals surface area contributed by atoms with Gasteiger partial charge in [-0.25, -0.2) is 0 Å². The lowest BCUT2D eigenvalue weighted by Gasteiger charge is -2.09.